The molecule has 1 aliphatic rings. The van der Waals surface area contributed by atoms with E-state index in [0.717, 1.165) is 11.6 Å². The Bertz CT molecular complexity index is 813. The van der Waals surface area contributed by atoms with Gasteiger partial charge in [-0.2, -0.15) is 0 Å². The Kier molecular flexibility index (Phi) is 4.46. The van der Waals surface area contributed by atoms with Crippen LogP contribution in [0, 0.1) is 6.92 Å². The molecular formula is C18H18N2O4. The molecule has 0 radical (unpaired) electrons. The second-order valence-corrected chi connectivity index (χ2v) is 5.90. The maximum Gasteiger partial charge on any atom is 0.287 e. The molecule has 0 spiro atoms. The van der Waals surface area contributed by atoms with Gasteiger partial charge in [0.15, 0.2) is 11.2 Å². The SMILES string of the molecule is Cc1cc(=O)cc(C(=O)NC2CC(=O)N(Cc3ccccc3)C2)o1. The van der Waals surface area contributed by atoms with Crippen LogP contribution < -0.4 is 10.7 Å². The highest BCUT2D eigenvalue weighted by molar-refractivity contribution is 5.92. The smallest absolute Gasteiger partial charge is 0.287 e. The van der Waals surface area contributed by atoms with Crippen LogP contribution in [0.15, 0.2) is 51.7 Å². The summed E-state index contributed by atoms with van der Waals surface area (Å²) in [6.07, 6.45) is 0.245. The summed E-state index contributed by atoms with van der Waals surface area (Å²) in [5.41, 5.74) is 0.764. The number of hydrogen-bond acceptors (Lipinski definition) is 4. The van der Waals surface area contributed by atoms with Gasteiger partial charge < -0.3 is 14.6 Å². The van der Waals surface area contributed by atoms with E-state index in [1.165, 1.54) is 6.07 Å². The molecule has 2 amide bonds. The molecule has 0 aliphatic carbocycles. The molecule has 24 heavy (non-hydrogen) atoms. The summed E-state index contributed by atoms with van der Waals surface area (Å²) in [5.74, 6) is -0.139. The fraction of sp³-hybridized carbons (Fsp3) is 0.278. The number of carbonyl (C=O) groups is 2. The lowest BCUT2D eigenvalue weighted by molar-refractivity contribution is -0.128. The van der Waals surface area contributed by atoms with E-state index in [9.17, 15) is 14.4 Å². The molecular weight excluding hydrogens is 308 g/mol. The molecule has 2 heterocycles. The largest absolute Gasteiger partial charge is 0.456 e. The lowest BCUT2D eigenvalue weighted by atomic mass is 10.2. The van der Waals surface area contributed by atoms with Gasteiger partial charge in [0.1, 0.15) is 5.76 Å². The third-order valence-electron chi connectivity index (χ3n) is 3.88. The Morgan fingerprint density at radius 2 is 2.00 bits per heavy atom. The van der Waals surface area contributed by atoms with E-state index in [2.05, 4.69) is 5.32 Å². The first-order chi connectivity index (χ1) is 11.5. The van der Waals surface area contributed by atoms with Crippen molar-refractivity contribution in [3.8, 4) is 0 Å². The van der Waals surface area contributed by atoms with Crippen molar-refractivity contribution in [2.75, 3.05) is 6.54 Å². The summed E-state index contributed by atoms with van der Waals surface area (Å²) in [7, 11) is 0. The van der Waals surface area contributed by atoms with E-state index >= 15 is 0 Å². The van der Waals surface area contributed by atoms with Crippen molar-refractivity contribution in [1.29, 1.82) is 0 Å². The summed E-state index contributed by atoms with van der Waals surface area (Å²) >= 11 is 0. The van der Waals surface area contributed by atoms with Crippen LogP contribution in [0.2, 0.25) is 0 Å². The third-order valence-corrected chi connectivity index (χ3v) is 3.88. The number of amides is 2. The summed E-state index contributed by atoms with van der Waals surface area (Å²) in [4.78, 5) is 37.5. The zero-order valence-electron chi connectivity index (χ0n) is 13.3. The van der Waals surface area contributed by atoms with Crippen LogP contribution in [0.4, 0.5) is 0 Å². The summed E-state index contributed by atoms with van der Waals surface area (Å²) in [6, 6.07) is 11.9. The molecule has 1 aliphatic heterocycles. The van der Waals surface area contributed by atoms with Crippen molar-refractivity contribution in [1.82, 2.24) is 10.2 Å². The van der Waals surface area contributed by atoms with Gasteiger partial charge in [0.2, 0.25) is 5.91 Å². The normalized spacial score (nSPS) is 17.1. The summed E-state index contributed by atoms with van der Waals surface area (Å²) in [5, 5.41) is 2.76. The Morgan fingerprint density at radius 3 is 2.71 bits per heavy atom. The van der Waals surface area contributed by atoms with E-state index in [-0.39, 0.29) is 29.6 Å². The lowest BCUT2D eigenvalue weighted by Crippen LogP contribution is -2.37. The molecule has 6 nitrogen and oxygen atoms in total. The van der Waals surface area contributed by atoms with Crippen molar-refractivity contribution in [2.24, 2.45) is 0 Å². The van der Waals surface area contributed by atoms with E-state index in [1.807, 2.05) is 30.3 Å². The first kappa shape index (κ1) is 16.0. The number of carbonyl (C=O) groups excluding carboxylic acids is 2. The monoisotopic (exact) mass is 326 g/mol. The molecule has 1 aromatic carbocycles. The van der Waals surface area contributed by atoms with Gasteiger partial charge in [-0.05, 0) is 12.5 Å². The highest BCUT2D eigenvalue weighted by atomic mass is 16.3. The average Bonchev–Trinajstić information content (AvgIpc) is 2.87. The molecule has 1 aromatic heterocycles. The summed E-state index contributed by atoms with van der Waals surface area (Å²) in [6.45, 7) is 2.57. The number of benzene rings is 1. The highest BCUT2D eigenvalue weighted by Crippen LogP contribution is 2.15. The second kappa shape index (κ2) is 6.70. The van der Waals surface area contributed by atoms with Crippen LogP contribution in [0.1, 0.15) is 28.3 Å². The van der Waals surface area contributed by atoms with Crippen molar-refractivity contribution in [3.05, 3.63) is 69.8 Å². The maximum absolute atomic E-state index is 12.2. The van der Waals surface area contributed by atoms with Gasteiger partial charge >= 0.3 is 0 Å². The molecule has 0 bridgehead atoms. The van der Waals surface area contributed by atoms with Gasteiger partial charge in [0.25, 0.3) is 5.91 Å². The number of aryl methyl sites for hydroxylation is 1. The minimum Gasteiger partial charge on any atom is -0.456 e. The van der Waals surface area contributed by atoms with Crippen LogP contribution in [0.5, 0.6) is 0 Å². The first-order valence-electron chi connectivity index (χ1n) is 7.75. The Labute approximate surface area is 139 Å². The van der Waals surface area contributed by atoms with Crippen LogP contribution in [0.25, 0.3) is 0 Å². The molecule has 1 N–H and O–H groups in total. The van der Waals surface area contributed by atoms with Gasteiger partial charge in [0.05, 0.1) is 6.04 Å². The predicted molar refractivity (Wildman–Crippen MR) is 87.4 cm³/mol. The number of nitrogens with zero attached hydrogens (tertiary/aromatic N) is 1. The Morgan fingerprint density at radius 1 is 1.25 bits per heavy atom. The zero-order chi connectivity index (χ0) is 17.1. The van der Waals surface area contributed by atoms with Crippen molar-refractivity contribution in [2.45, 2.75) is 25.9 Å². The zero-order valence-corrected chi connectivity index (χ0v) is 13.3. The maximum atomic E-state index is 12.2. The summed E-state index contributed by atoms with van der Waals surface area (Å²) < 4.78 is 5.27. The van der Waals surface area contributed by atoms with Crippen LogP contribution in [-0.2, 0) is 11.3 Å². The lowest BCUT2D eigenvalue weighted by Gasteiger charge is -2.17. The van der Waals surface area contributed by atoms with Gasteiger partial charge in [0, 0.05) is 31.6 Å². The van der Waals surface area contributed by atoms with Gasteiger partial charge in [-0.1, -0.05) is 30.3 Å². The predicted octanol–water partition coefficient (Wildman–Crippen LogP) is 1.48. The van der Waals surface area contributed by atoms with E-state index in [1.54, 1.807) is 11.8 Å². The Balaban J connectivity index is 1.63. The second-order valence-electron chi connectivity index (χ2n) is 5.90. The average molecular weight is 326 g/mol. The van der Waals surface area contributed by atoms with Crippen LogP contribution >= 0.6 is 0 Å². The van der Waals surface area contributed by atoms with E-state index in [0.29, 0.717) is 18.8 Å². The first-order valence-corrected chi connectivity index (χ1v) is 7.75. The van der Waals surface area contributed by atoms with E-state index in [4.69, 9.17) is 4.42 Å². The molecule has 1 saturated heterocycles. The number of nitrogens with one attached hydrogen (secondary N) is 1. The molecule has 1 fully saturated rings. The molecule has 0 saturated carbocycles. The molecule has 2 aromatic rings. The topological polar surface area (TPSA) is 79.6 Å². The van der Waals surface area contributed by atoms with Gasteiger partial charge in [-0.25, -0.2) is 0 Å². The third kappa shape index (κ3) is 3.71. The van der Waals surface area contributed by atoms with Crippen molar-refractivity contribution in [3.63, 3.8) is 0 Å². The highest BCUT2D eigenvalue weighted by Gasteiger charge is 2.31. The standard InChI is InChI=1S/C18H18N2O4/c1-12-7-15(21)9-16(24-12)18(23)19-14-8-17(22)20(11-14)10-13-5-3-2-4-6-13/h2-7,9,14H,8,10-11H2,1H3,(H,19,23). The molecule has 1 atom stereocenters. The quantitative estimate of drug-likeness (QED) is 0.923. The minimum absolute atomic E-state index is 0.00477. The fourth-order valence-corrected chi connectivity index (χ4v) is 2.80. The molecule has 1 unspecified atom stereocenters. The van der Waals surface area contributed by atoms with Gasteiger partial charge in [-0.3, -0.25) is 14.4 Å². The molecule has 3 rings (SSSR count). The van der Waals surface area contributed by atoms with Gasteiger partial charge in [-0.15, -0.1) is 0 Å². The Hall–Kier alpha value is -2.89. The minimum atomic E-state index is -0.477. The number of rotatable bonds is 4. The molecule has 124 valence electrons. The number of hydrogen-bond donors (Lipinski definition) is 1. The fourth-order valence-electron chi connectivity index (χ4n) is 2.80. The molecule has 6 heteroatoms. The van der Waals surface area contributed by atoms with Crippen molar-refractivity contribution < 1.29 is 14.0 Å². The van der Waals surface area contributed by atoms with Crippen molar-refractivity contribution >= 4 is 11.8 Å². The van der Waals surface area contributed by atoms with E-state index < -0.39 is 5.91 Å². The number of likely N-dealkylation sites (tertiary alicyclic amines) is 1. The van der Waals surface area contributed by atoms with Crippen LogP contribution in [-0.4, -0.2) is 29.3 Å². The van der Waals surface area contributed by atoms with Crippen LogP contribution in [0.3, 0.4) is 0 Å².